The summed E-state index contributed by atoms with van der Waals surface area (Å²) in [7, 11) is 4.37. The van der Waals surface area contributed by atoms with E-state index in [1.54, 1.807) is 6.92 Å². The smallest absolute Gasteiger partial charge is 0.331 e. The third-order valence-corrected chi connectivity index (χ3v) is 2.31. The first-order valence-electron chi connectivity index (χ1n) is 4.49. The Labute approximate surface area is 89.6 Å². The zero-order valence-corrected chi connectivity index (χ0v) is 9.73. The minimum absolute atomic E-state index is 0.141. The maximum atomic E-state index is 10.7. The van der Waals surface area contributed by atoms with Gasteiger partial charge in [0.05, 0.1) is 0 Å². The lowest BCUT2D eigenvalue weighted by atomic mass is 10.1. The third kappa shape index (κ3) is 3.30. The lowest BCUT2D eigenvalue weighted by Crippen LogP contribution is -2.44. The molecule has 1 atom stereocenters. The van der Waals surface area contributed by atoms with Crippen LogP contribution in [0.5, 0.6) is 0 Å². The van der Waals surface area contributed by atoms with Crippen molar-refractivity contribution in [3.8, 4) is 0 Å². The van der Waals surface area contributed by atoms with Gasteiger partial charge in [0, 0.05) is 26.9 Å². The molecule has 0 amide bonds. The fourth-order valence-electron chi connectivity index (χ4n) is 1.18. The van der Waals surface area contributed by atoms with Crippen LogP contribution in [0.3, 0.4) is 0 Å². The average Bonchev–Trinajstić information content (AvgIpc) is 2.24. The summed E-state index contributed by atoms with van der Waals surface area (Å²) in [4.78, 5) is 10.7. The lowest BCUT2D eigenvalue weighted by molar-refractivity contribution is -0.228. The molecular weight excluding hydrogens is 200 g/mol. The number of aliphatic carboxylic acids is 1. The largest absolute Gasteiger partial charge is 0.478 e. The standard InChI is InChI=1S/C10H18O5/c1-7(9(11)12)6-10(14-4,15-5)8(2)13-3/h6,8H,1-5H3,(H,11,12)/b7-6+. The molecule has 0 radical (unpaired) electrons. The maximum Gasteiger partial charge on any atom is 0.331 e. The summed E-state index contributed by atoms with van der Waals surface area (Å²) in [5.41, 5.74) is 0.141. The molecule has 0 saturated heterocycles. The number of methoxy groups -OCH3 is 3. The zero-order valence-electron chi connectivity index (χ0n) is 9.73. The van der Waals surface area contributed by atoms with E-state index in [-0.39, 0.29) is 5.57 Å². The molecule has 0 bridgehead atoms. The van der Waals surface area contributed by atoms with Gasteiger partial charge in [0.15, 0.2) is 0 Å². The van der Waals surface area contributed by atoms with Crippen LogP contribution >= 0.6 is 0 Å². The molecule has 0 aliphatic carbocycles. The molecule has 0 aliphatic heterocycles. The predicted molar refractivity (Wildman–Crippen MR) is 54.6 cm³/mol. The summed E-state index contributed by atoms with van der Waals surface area (Å²) in [6.07, 6.45) is 0.977. The Kier molecular flexibility index (Phi) is 5.49. The van der Waals surface area contributed by atoms with Crippen LogP contribution < -0.4 is 0 Å². The summed E-state index contributed by atoms with van der Waals surface area (Å²) in [6, 6.07) is 0. The highest BCUT2D eigenvalue weighted by atomic mass is 16.7. The normalized spacial score (nSPS) is 15.1. The van der Waals surface area contributed by atoms with Gasteiger partial charge in [-0.15, -0.1) is 0 Å². The SMILES string of the molecule is COC(C)C(/C=C(\C)C(=O)O)(OC)OC. The highest BCUT2D eigenvalue weighted by Crippen LogP contribution is 2.22. The van der Waals surface area contributed by atoms with Crippen molar-refractivity contribution in [2.24, 2.45) is 0 Å². The van der Waals surface area contributed by atoms with Gasteiger partial charge in [-0.25, -0.2) is 4.79 Å². The first-order chi connectivity index (χ1) is 6.93. The van der Waals surface area contributed by atoms with Crippen molar-refractivity contribution in [1.29, 1.82) is 0 Å². The van der Waals surface area contributed by atoms with Crippen molar-refractivity contribution >= 4 is 5.97 Å². The lowest BCUT2D eigenvalue weighted by Gasteiger charge is -2.32. The second-order valence-electron chi connectivity index (χ2n) is 3.14. The molecule has 5 nitrogen and oxygen atoms in total. The summed E-state index contributed by atoms with van der Waals surface area (Å²) < 4.78 is 15.4. The topological polar surface area (TPSA) is 65.0 Å². The number of hydrogen-bond acceptors (Lipinski definition) is 4. The van der Waals surface area contributed by atoms with Crippen molar-refractivity contribution in [1.82, 2.24) is 0 Å². The highest BCUT2D eigenvalue weighted by molar-refractivity contribution is 5.85. The summed E-state index contributed by atoms with van der Waals surface area (Å²) in [5.74, 6) is -2.19. The van der Waals surface area contributed by atoms with Crippen LogP contribution in [0.2, 0.25) is 0 Å². The van der Waals surface area contributed by atoms with E-state index in [2.05, 4.69) is 0 Å². The van der Waals surface area contributed by atoms with Gasteiger partial charge in [0.25, 0.3) is 0 Å². The third-order valence-electron chi connectivity index (χ3n) is 2.31. The van der Waals surface area contributed by atoms with E-state index in [0.717, 1.165) is 0 Å². The number of carboxylic acid groups (broad SMARTS) is 1. The fraction of sp³-hybridized carbons (Fsp3) is 0.700. The van der Waals surface area contributed by atoms with Crippen molar-refractivity contribution in [3.05, 3.63) is 11.6 Å². The molecule has 0 spiro atoms. The Balaban J connectivity index is 5.11. The van der Waals surface area contributed by atoms with Crippen molar-refractivity contribution in [2.45, 2.75) is 25.7 Å². The number of carboxylic acids is 1. The monoisotopic (exact) mass is 218 g/mol. The zero-order chi connectivity index (χ0) is 12.1. The average molecular weight is 218 g/mol. The Morgan fingerprint density at radius 3 is 2.07 bits per heavy atom. The second-order valence-corrected chi connectivity index (χ2v) is 3.14. The molecular formula is C10H18O5. The molecule has 88 valence electrons. The summed E-state index contributed by atoms with van der Waals surface area (Å²) in [5, 5.41) is 8.77. The molecule has 15 heavy (non-hydrogen) atoms. The van der Waals surface area contributed by atoms with Crippen molar-refractivity contribution in [2.75, 3.05) is 21.3 Å². The van der Waals surface area contributed by atoms with Crippen LogP contribution in [0, 0.1) is 0 Å². The van der Waals surface area contributed by atoms with Crippen molar-refractivity contribution < 1.29 is 24.1 Å². The number of hydrogen-bond donors (Lipinski definition) is 1. The van der Waals surface area contributed by atoms with E-state index in [4.69, 9.17) is 19.3 Å². The van der Waals surface area contributed by atoms with Gasteiger partial charge in [-0.2, -0.15) is 0 Å². The fourth-order valence-corrected chi connectivity index (χ4v) is 1.18. The highest BCUT2D eigenvalue weighted by Gasteiger charge is 2.35. The molecule has 0 aromatic carbocycles. The van der Waals surface area contributed by atoms with E-state index in [9.17, 15) is 4.79 Å². The first-order valence-corrected chi connectivity index (χ1v) is 4.49. The molecule has 0 aromatic heterocycles. The molecule has 0 aliphatic rings. The van der Waals surface area contributed by atoms with E-state index in [1.807, 2.05) is 0 Å². The number of carbonyl (C=O) groups is 1. The Bertz CT molecular complexity index is 242. The molecule has 5 heteroatoms. The van der Waals surface area contributed by atoms with Gasteiger partial charge < -0.3 is 19.3 Å². The molecule has 0 fully saturated rings. The van der Waals surface area contributed by atoms with Crippen LogP contribution in [0.25, 0.3) is 0 Å². The Hall–Kier alpha value is -0.910. The van der Waals surface area contributed by atoms with Gasteiger partial charge in [0.2, 0.25) is 5.79 Å². The minimum atomic E-state index is -1.17. The van der Waals surface area contributed by atoms with E-state index in [0.29, 0.717) is 0 Å². The first kappa shape index (κ1) is 14.1. The van der Waals surface area contributed by atoms with E-state index < -0.39 is 17.9 Å². The van der Waals surface area contributed by atoms with Crippen LogP contribution in [0.15, 0.2) is 11.6 Å². The molecule has 0 aromatic rings. The van der Waals surface area contributed by atoms with Gasteiger partial charge >= 0.3 is 5.97 Å². The molecule has 0 heterocycles. The van der Waals surface area contributed by atoms with Gasteiger partial charge in [-0.05, 0) is 19.9 Å². The molecule has 1 N–H and O–H groups in total. The van der Waals surface area contributed by atoms with Gasteiger partial charge in [-0.1, -0.05) is 0 Å². The van der Waals surface area contributed by atoms with E-state index in [1.165, 1.54) is 34.3 Å². The Morgan fingerprint density at radius 2 is 1.80 bits per heavy atom. The molecule has 1 unspecified atom stereocenters. The number of ether oxygens (including phenoxy) is 3. The van der Waals surface area contributed by atoms with E-state index >= 15 is 0 Å². The van der Waals surface area contributed by atoms with Crippen LogP contribution in [-0.4, -0.2) is 44.3 Å². The predicted octanol–water partition coefficient (Wildman–Crippen LogP) is 1.04. The molecule has 0 saturated carbocycles. The van der Waals surface area contributed by atoms with Crippen LogP contribution in [0.4, 0.5) is 0 Å². The summed E-state index contributed by atoms with van der Waals surface area (Å²) >= 11 is 0. The van der Waals surface area contributed by atoms with Gasteiger partial charge in [-0.3, -0.25) is 0 Å². The maximum absolute atomic E-state index is 10.7. The summed E-state index contributed by atoms with van der Waals surface area (Å²) in [6.45, 7) is 3.20. The number of rotatable bonds is 6. The van der Waals surface area contributed by atoms with Crippen LogP contribution in [-0.2, 0) is 19.0 Å². The quantitative estimate of drug-likeness (QED) is 0.533. The molecule has 0 rings (SSSR count). The minimum Gasteiger partial charge on any atom is -0.478 e. The van der Waals surface area contributed by atoms with Gasteiger partial charge in [0.1, 0.15) is 6.10 Å². The van der Waals surface area contributed by atoms with Crippen molar-refractivity contribution in [3.63, 3.8) is 0 Å². The Morgan fingerprint density at radius 1 is 1.33 bits per heavy atom. The second kappa shape index (κ2) is 5.85. The van der Waals surface area contributed by atoms with Crippen LogP contribution in [0.1, 0.15) is 13.8 Å².